The van der Waals surface area contributed by atoms with E-state index in [0.29, 0.717) is 5.92 Å². The van der Waals surface area contributed by atoms with E-state index in [2.05, 4.69) is 0 Å². The lowest BCUT2D eigenvalue weighted by molar-refractivity contribution is -0.131. The Hall–Kier alpha value is -0.770. The van der Waals surface area contributed by atoms with Crippen LogP contribution in [0.25, 0.3) is 0 Å². The summed E-state index contributed by atoms with van der Waals surface area (Å²) in [5.74, 6) is 0.548. The van der Waals surface area contributed by atoms with Crippen molar-refractivity contribution in [3.05, 3.63) is 0 Å². The predicted octanol–water partition coefficient (Wildman–Crippen LogP) is 1.33. The molecule has 0 aromatic heterocycles. The van der Waals surface area contributed by atoms with Crippen LogP contribution in [0, 0.1) is 5.92 Å². The third-order valence-electron chi connectivity index (χ3n) is 3.29. The molecule has 1 rings (SSSR count). The highest BCUT2D eigenvalue weighted by Crippen LogP contribution is 2.18. The van der Waals surface area contributed by atoms with Crippen molar-refractivity contribution in [1.29, 1.82) is 0 Å². The van der Waals surface area contributed by atoms with Crippen LogP contribution in [0.4, 0.5) is 0 Å². The van der Waals surface area contributed by atoms with Gasteiger partial charge in [-0.3, -0.25) is 9.59 Å². The molecule has 1 fully saturated rings. The first-order valence-electron chi connectivity index (χ1n) is 6.17. The van der Waals surface area contributed by atoms with Crippen molar-refractivity contribution in [2.75, 3.05) is 32.1 Å². The molecular weight excluding hydrogens is 240 g/mol. The van der Waals surface area contributed by atoms with Gasteiger partial charge in [-0.05, 0) is 25.7 Å². The summed E-state index contributed by atoms with van der Waals surface area (Å²) in [6.07, 6.45) is 2.08. The maximum Gasteiger partial charge on any atom is 0.237 e. The van der Waals surface area contributed by atoms with Crippen LogP contribution < -0.4 is 0 Å². The molecule has 2 amide bonds. The predicted molar refractivity (Wildman–Crippen MR) is 68.0 cm³/mol. The molecule has 1 aliphatic rings. The van der Waals surface area contributed by atoms with E-state index in [0.717, 1.165) is 39.0 Å². The van der Waals surface area contributed by atoms with Crippen molar-refractivity contribution >= 4 is 23.4 Å². The third-order valence-corrected chi connectivity index (χ3v) is 3.52. The highest BCUT2D eigenvalue weighted by atomic mass is 35.5. The SMILES string of the molecule is CCN(CC1CCCN(C(=O)CCl)C1)C(C)=O. The molecule has 0 bridgehead atoms. The van der Waals surface area contributed by atoms with Crippen LogP contribution in [0.15, 0.2) is 0 Å². The summed E-state index contributed by atoms with van der Waals surface area (Å²) in [7, 11) is 0. The minimum Gasteiger partial charge on any atom is -0.343 e. The van der Waals surface area contributed by atoms with Crippen molar-refractivity contribution in [3.8, 4) is 0 Å². The Morgan fingerprint density at radius 1 is 1.47 bits per heavy atom. The van der Waals surface area contributed by atoms with Crippen LogP contribution in [0.1, 0.15) is 26.7 Å². The number of likely N-dealkylation sites (tertiary alicyclic amines) is 1. The van der Waals surface area contributed by atoms with Gasteiger partial charge < -0.3 is 9.80 Å². The molecule has 0 aliphatic carbocycles. The maximum atomic E-state index is 11.5. The molecule has 98 valence electrons. The normalized spacial score (nSPS) is 20.2. The number of alkyl halides is 1. The molecule has 1 unspecified atom stereocenters. The second kappa shape index (κ2) is 6.84. The van der Waals surface area contributed by atoms with Gasteiger partial charge in [-0.15, -0.1) is 11.6 Å². The van der Waals surface area contributed by atoms with E-state index in [1.54, 1.807) is 6.92 Å². The lowest BCUT2D eigenvalue weighted by Gasteiger charge is -2.35. The molecule has 0 spiro atoms. The molecule has 0 aromatic carbocycles. The van der Waals surface area contributed by atoms with Crippen LogP contribution in [0.3, 0.4) is 0 Å². The molecular formula is C12H21ClN2O2. The van der Waals surface area contributed by atoms with Gasteiger partial charge in [0.1, 0.15) is 5.88 Å². The number of nitrogens with zero attached hydrogens (tertiary/aromatic N) is 2. The minimum atomic E-state index is 0.00207. The zero-order valence-corrected chi connectivity index (χ0v) is 11.4. The second-order valence-corrected chi connectivity index (χ2v) is 4.81. The highest BCUT2D eigenvalue weighted by Gasteiger charge is 2.24. The number of rotatable bonds is 4. The average Bonchev–Trinajstić information content (AvgIpc) is 2.34. The minimum absolute atomic E-state index is 0.00207. The Labute approximate surface area is 108 Å². The topological polar surface area (TPSA) is 40.6 Å². The third kappa shape index (κ3) is 4.19. The van der Waals surface area contributed by atoms with Crippen molar-refractivity contribution < 1.29 is 9.59 Å². The van der Waals surface area contributed by atoms with Crippen molar-refractivity contribution in [1.82, 2.24) is 9.80 Å². The Kier molecular flexibility index (Phi) is 5.75. The summed E-state index contributed by atoms with van der Waals surface area (Å²) in [5, 5.41) is 0. The quantitative estimate of drug-likeness (QED) is 0.716. The van der Waals surface area contributed by atoms with Gasteiger partial charge in [0.05, 0.1) is 0 Å². The Morgan fingerprint density at radius 2 is 2.18 bits per heavy atom. The smallest absolute Gasteiger partial charge is 0.237 e. The molecule has 4 nitrogen and oxygen atoms in total. The fraction of sp³-hybridized carbons (Fsp3) is 0.833. The molecule has 0 saturated carbocycles. The zero-order valence-electron chi connectivity index (χ0n) is 10.6. The van der Waals surface area contributed by atoms with Gasteiger partial charge in [0.25, 0.3) is 0 Å². The van der Waals surface area contributed by atoms with Crippen LogP contribution >= 0.6 is 11.6 Å². The summed E-state index contributed by atoms with van der Waals surface area (Å²) in [4.78, 5) is 26.5. The van der Waals surface area contributed by atoms with Gasteiger partial charge in [0.15, 0.2) is 0 Å². The Morgan fingerprint density at radius 3 is 2.71 bits per heavy atom. The number of hydrogen-bond donors (Lipinski definition) is 0. The van der Waals surface area contributed by atoms with E-state index in [-0.39, 0.29) is 17.7 Å². The number of amides is 2. The van der Waals surface area contributed by atoms with E-state index in [1.165, 1.54) is 0 Å². The Balaban J connectivity index is 2.49. The standard InChI is InChI=1S/C12H21ClN2O2/c1-3-14(10(2)16)8-11-5-4-6-15(9-11)12(17)7-13/h11H,3-9H2,1-2H3. The van der Waals surface area contributed by atoms with Crippen molar-refractivity contribution in [2.24, 2.45) is 5.92 Å². The molecule has 1 aliphatic heterocycles. The van der Waals surface area contributed by atoms with Crippen LogP contribution in [0.2, 0.25) is 0 Å². The Bertz CT molecular complexity index is 284. The largest absolute Gasteiger partial charge is 0.343 e. The number of piperidine rings is 1. The van der Waals surface area contributed by atoms with Gasteiger partial charge in [-0.1, -0.05) is 0 Å². The fourth-order valence-electron chi connectivity index (χ4n) is 2.32. The average molecular weight is 261 g/mol. The summed E-state index contributed by atoms with van der Waals surface area (Å²) in [6, 6.07) is 0. The van der Waals surface area contributed by atoms with Gasteiger partial charge in [-0.2, -0.15) is 0 Å². The van der Waals surface area contributed by atoms with Crippen LogP contribution in [-0.2, 0) is 9.59 Å². The maximum absolute atomic E-state index is 11.5. The molecule has 0 aromatic rings. The number of carbonyl (C=O) groups is 2. The lowest BCUT2D eigenvalue weighted by Crippen LogP contribution is -2.45. The van der Waals surface area contributed by atoms with Crippen LogP contribution in [-0.4, -0.2) is 53.7 Å². The number of hydrogen-bond acceptors (Lipinski definition) is 2. The summed E-state index contributed by atoms with van der Waals surface area (Å²) < 4.78 is 0. The van der Waals surface area contributed by atoms with Crippen molar-refractivity contribution in [2.45, 2.75) is 26.7 Å². The first kappa shape index (κ1) is 14.3. The van der Waals surface area contributed by atoms with E-state index in [9.17, 15) is 9.59 Å². The molecule has 5 heteroatoms. The molecule has 17 heavy (non-hydrogen) atoms. The number of carbonyl (C=O) groups excluding carboxylic acids is 2. The van der Waals surface area contributed by atoms with Gasteiger partial charge >= 0.3 is 0 Å². The molecule has 0 N–H and O–H groups in total. The fourth-order valence-corrected chi connectivity index (χ4v) is 2.49. The number of halogens is 1. The summed E-state index contributed by atoms with van der Waals surface area (Å²) >= 11 is 5.56. The summed E-state index contributed by atoms with van der Waals surface area (Å²) in [6.45, 7) is 6.58. The van der Waals surface area contributed by atoms with Gasteiger partial charge in [-0.25, -0.2) is 0 Å². The molecule has 0 radical (unpaired) electrons. The summed E-state index contributed by atoms with van der Waals surface area (Å²) in [5.41, 5.74) is 0. The molecule has 1 atom stereocenters. The van der Waals surface area contributed by atoms with E-state index >= 15 is 0 Å². The van der Waals surface area contributed by atoms with Crippen molar-refractivity contribution in [3.63, 3.8) is 0 Å². The lowest BCUT2D eigenvalue weighted by atomic mass is 9.97. The van der Waals surface area contributed by atoms with E-state index < -0.39 is 0 Å². The highest BCUT2D eigenvalue weighted by molar-refractivity contribution is 6.27. The first-order chi connectivity index (χ1) is 8.08. The molecule has 1 heterocycles. The second-order valence-electron chi connectivity index (χ2n) is 4.54. The van der Waals surface area contributed by atoms with E-state index in [1.807, 2.05) is 16.7 Å². The van der Waals surface area contributed by atoms with Gasteiger partial charge in [0.2, 0.25) is 11.8 Å². The van der Waals surface area contributed by atoms with Gasteiger partial charge in [0, 0.05) is 33.1 Å². The van der Waals surface area contributed by atoms with Crippen LogP contribution in [0.5, 0.6) is 0 Å². The first-order valence-corrected chi connectivity index (χ1v) is 6.71. The van der Waals surface area contributed by atoms with E-state index in [4.69, 9.17) is 11.6 Å². The monoisotopic (exact) mass is 260 g/mol. The molecule has 1 saturated heterocycles. The zero-order chi connectivity index (χ0) is 12.8.